The van der Waals surface area contributed by atoms with Crippen molar-refractivity contribution in [2.24, 2.45) is 0 Å². The summed E-state index contributed by atoms with van der Waals surface area (Å²) in [5.74, 6) is 1.67. The molecule has 2 N–H and O–H groups in total. The van der Waals surface area contributed by atoms with Crippen LogP contribution in [0.15, 0.2) is 11.6 Å². The van der Waals surface area contributed by atoms with Crippen molar-refractivity contribution in [3.63, 3.8) is 0 Å². The Bertz CT molecular complexity index is 521. The van der Waals surface area contributed by atoms with Gasteiger partial charge in [0, 0.05) is 11.6 Å². The molecule has 0 radical (unpaired) electrons. The lowest BCUT2D eigenvalue weighted by molar-refractivity contribution is 0.714. The second kappa shape index (κ2) is 4.79. The van der Waals surface area contributed by atoms with E-state index in [9.17, 15) is 0 Å². The van der Waals surface area contributed by atoms with Gasteiger partial charge in [0.25, 0.3) is 0 Å². The lowest BCUT2D eigenvalue weighted by Crippen LogP contribution is -1.98. The van der Waals surface area contributed by atoms with Crippen molar-refractivity contribution in [1.82, 2.24) is 15.0 Å². The summed E-state index contributed by atoms with van der Waals surface area (Å²) in [6.45, 7) is 6.16. The van der Waals surface area contributed by atoms with Gasteiger partial charge in [0.05, 0.1) is 11.3 Å². The highest BCUT2D eigenvalue weighted by atomic mass is 32.1. The van der Waals surface area contributed by atoms with E-state index in [1.165, 1.54) is 0 Å². The Hall–Kier alpha value is -1.49. The van der Waals surface area contributed by atoms with Gasteiger partial charge in [0.2, 0.25) is 0 Å². The summed E-state index contributed by atoms with van der Waals surface area (Å²) in [6.07, 6.45) is 2.83. The highest BCUT2D eigenvalue weighted by Gasteiger charge is 2.12. The van der Waals surface area contributed by atoms with Gasteiger partial charge in [-0.2, -0.15) is 0 Å². The highest BCUT2D eigenvalue weighted by Crippen LogP contribution is 2.30. The number of rotatable bonds is 3. The van der Waals surface area contributed by atoms with Gasteiger partial charge in [0.15, 0.2) is 0 Å². The largest absolute Gasteiger partial charge is 0.383 e. The van der Waals surface area contributed by atoms with Gasteiger partial charge in [-0.05, 0) is 19.3 Å². The average molecular weight is 248 g/mol. The third-order valence-electron chi connectivity index (χ3n) is 2.81. The standard InChI is InChI=1S/C12H16N4S/c1-4-7(2)10-6-17-12(16-10)9-5-14-8(3)15-11(9)13/h5-7H,4H2,1-3H3,(H2,13,14,15). The van der Waals surface area contributed by atoms with Crippen LogP contribution in [0.5, 0.6) is 0 Å². The van der Waals surface area contributed by atoms with Crippen LogP contribution in [0.4, 0.5) is 5.82 Å². The summed E-state index contributed by atoms with van der Waals surface area (Å²) in [7, 11) is 0. The fourth-order valence-corrected chi connectivity index (χ4v) is 2.46. The fraction of sp³-hybridized carbons (Fsp3) is 0.417. The Kier molecular flexibility index (Phi) is 3.38. The summed E-state index contributed by atoms with van der Waals surface area (Å²) in [6, 6.07) is 0. The number of nitrogens with zero attached hydrogens (tertiary/aromatic N) is 3. The monoisotopic (exact) mass is 248 g/mol. The Balaban J connectivity index is 2.37. The van der Waals surface area contributed by atoms with Gasteiger partial charge in [-0.25, -0.2) is 15.0 Å². The zero-order valence-electron chi connectivity index (χ0n) is 10.3. The lowest BCUT2D eigenvalue weighted by Gasteiger charge is -2.03. The van der Waals surface area contributed by atoms with Gasteiger partial charge in [-0.15, -0.1) is 11.3 Å². The van der Waals surface area contributed by atoms with E-state index < -0.39 is 0 Å². The number of hydrogen-bond donors (Lipinski definition) is 1. The normalized spacial score (nSPS) is 12.6. The molecule has 0 fully saturated rings. The molecule has 0 saturated heterocycles. The topological polar surface area (TPSA) is 64.7 Å². The molecule has 1 atom stereocenters. The van der Waals surface area contributed by atoms with Crippen LogP contribution in [-0.2, 0) is 0 Å². The molecule has 90 valence electrons. The predicted octanol–water partition coefficient (Wildman–Crippen LogP) is 3.00. The summed E-state index contributed by atoms with van der Waals surface area (Å²) in [5.41, 5.74) is 7.83. The van der Waals surface area contributed by atoms with E-state index in [0.717, 1.165) is 22.7 Å². The number of nitrogens with two attached hydrogens (primary N) is 1. The van der Waals surface area contributed by atoms with E-state index in [-0.39, 0.29) is 0 Å². The van der Waals surface area contributed by atoms with Gasteiger partial charge in [0.1, 0.15) is 16.6 Å². The number of hydrogen-bond acceptors (Lipinski definition) is 5. The summed E-state index contributed by atoms with van der Waals surface area (Å²) in [5, 5.41) is 2.99. The molecule has 0 aliphatic heterocycles. The maximum atomic E-state index is 5.89. The Morgan fingerprint density at radius 3 is 2.82 bits per heavy atom. The first kappa shape index (κ1) is 12.0. The van der Waals surface area contributed by atoms with E-state index in [2.05, 4.69) is 34.2 Å². The molecule has 0 aliphatic rings. The van der Waals surface area contributed by atoms with Crippen LogP contribution in [0.3, 0.4) is 0 Å². The second-order valence-electron chi connectivity index (χ2n) is 4.10. The molecule has 1 unspecified atom stereocenters. The average Bonchev–Trinajstić information content (AvgIpc) is 2.77. The highest BCUT2D eigenvalue weighted by molar-refractivity contribution is 7.13. The number of aryl methyl sites for hydroxylation is 1. The molecule has 17 heavy (non-hydrogen) atoms. The minimum Gasteiger partial charge on any atom is -0.383 e. The Morgan fingerprint density at radius 1 is 1.41 bits per heavy atom. The van der Waals surface area contributed by atoms with Gasteiger partial charge >= 0.3 is 0 Å². The van der Waals surface area contributed by atoms with Crippen LogP contribution in [-0.4, -0.2) is 15.0 Å². The molecule has 4 nitrogen and oxygen atoms in total. The minimum absolute atomic E-state index is 0.479. The zero-order valence-corrected chi connectivity index (χ0v) is 11.1. The molecule has 2 rings (SSSR count). The van der Waals surface area contributed by atoms with E-state index in [1.54, 1.807) is 17.5 Å². The zero-order chi connectivity index (χ0) is 12.4. The Morgan fingerprint density at radius 2 is 2.18 bits per heavy atom. The quantitative estimate of drug-likeness (QED) is 0.906. The molecule has 2 aromatic rings. The van der Waals surface area contributed by atoms with Crippen molar-refractivity contribution in [2.45, 2.75) is 33.1 Å². The molecule has 0 bridgehead atoms. The molecular formula is C12H16N4S. The Labute approximate surface area is 105 Å². The summed E-state index contributed by atoms with van der Waals surface area (Å²) >= 11 is 1.60. The van der Waals surface area contributed by atoms with E-state index in [0.29, 0.717) is 17.6 Å². The SMILES string of the molecule is CCC(C)c1csc(-c2cnc(C)nc2N)n1. The summed E-state index contributed by atoms with van der Waals surface area (Å²) in [4.78, 5) is 12.9. The minimum atomic E-state index is 0.479. The maximum Gasteiger partial charge on any atom is 0.137 e. The molecule has 0 aromatic carbocycles. The number of nitrogen functional groups attached to an aromatic ring is 1. The van der Waals surface area contributed by atoms with Crippen molar-refractivity contribution in [3.8, 4) is 10.6 Å². The predicted molar refractivity (Wildman–Crippen MR) is 71.0 cm³/mol. The smallest absolute Gasteiger partial charge is 0.137 e. The second-order valence-corrected chi connectivity index (χ2v) is 4.96. The number of thiazole rings is 1. The third kappa shape index (κ3) is 2.44. The van der Waals surface area contributed by atoms with Crippen LogP contribution in [0, 0.1) is 6.92 Å². The van der Waals surface area contributed by atoms with Crippen molar-refractivity contribution in [1.29, 1.82) is 0 Å². The molecule has 5 heteroatoms. The fourth-order valence-electron chi connectivity index (χ4n) is 1.50. The van der Waals surface area contributed by atoms with Crippen molar-refractivity contribution >= 4 is 17.2 Å². The molecule has 0 spiro atoms. The first-order valence-electron chi connectivity index (χ1n) is 5.66. The van der Waals surface area contributed by atoms with Gasteiger partial charge in [-0.3, -0.25) is 0 Å². The molecular weight excluding hydrogens is 232 g/mol. The van der Waals surface area contributed by atoms with Crippen LogP contribution < -0.4 is 5.73 Å². The van der Waals surface area contributed by atoms with Crippen LogP contribution in [0.2, 0.25) is 0 Å². The maximum absolute atomic E-state index is 5.89. The van der Waals surface area contributed by atoms with Gasteiger partial charge < -0.3 is 5.73 Å². The van der Waals surface area contributed by atoms with Gasteiger partial charge in [-0.1, -0.05) is 13.8 Å². The van der Waals surface area contributed by atoms with Crippen LogP contribution >= 0.6 is 11.3 Å². The third-order valence-corrected chi connectivity index (χ3v) is 3.70. The van der Waals surface area contributed by atoms with Crippen molar-refractivity contribution in [2.75, 3.05) is 5.73 Å². The number of aromatic nitrogens is 3. The lowest BCUT2D eigenvalue weighted by atomic mass is 10.1. The molecule has 0 saturated carbocycles. The first-order valence-corrected chi connectivity index (χ1v) is 6.54. The first-order chi connectivity index (χ1) is 8.11. The molecule has 0 amide bonds. The van der Waals surface area contributed by atoms with Crippen LogP contribution in [0.25, 0.3) is 10.6 Å². The van der Waals surface area contributed by atoms with Crippen molar-refractivity contribution < 1.29 is 0 Å². The van der Waals surface area contributed by atoms with E-state index >= 15 is 0 Å². The molecule has 2 aromatic heterocycles. The van der Waals surface area contributed by atoms with Crippen LogP contribution in [0.1, 0.15) is 37.7 Å². The summed E-state index contributed by atoms with van der Waals surface area (Å²) < 4.78 is 0. The van der Waals surface area contributed by atoms with E-state index in [4.69, 9.17) is 5.73 Å². The van der Waals surface area contributed by atoms with Crippen molar-refractivity contribution in [3.05, 3.63) is 23.1 Å². The van der Waals surface area contributed by atoms with E-state index in [1.807, 2.05) is 6.92 Å². The molecule has 0 aliphatic carbocycles. The number of anilines is 1. The molecule has 2 heterocycles.